The minimum Gasteiger partial charge on any atom is -0.488 e. The van der Waals surface area contributed by atoms with E-state index in [1.54, 1.807) is 0 Å². The Labute approximate surface area is 122 Å². The average molecular weight is 297 g/mol. The minimum absolute atomic E-state index is 0.00844. The number of halogens is 3. The average Bonchev–Trinajstić information content (AvgIpc) is 2.41. The van der Waals surface area contributed by atoms with Crippen LogP contribution < -0.4 is 4.74 Å². The Morgan fingerprint density at radius 2 is 1.70 bits per heavy atom. The summed E-state index contributed by atoms with van der Waals surface area (Å²) in [6.07, 6.45) is 0. The summed E-state index contributed by atoms with van der Waals surface area (Å²) in [5, 5.41) is 0. The van der Waals surface area contributed by atoms with Gasteiger partial charge >= 0.3 is 0 Å². The second kappa shape index (κ2) is 6.23. The first kappa shape index (κ1) is 14.8. The Hall–Kier alpha value is -1.61. The van der Waals surface area contributed by atoms with Crippen LogP contribution in [0.25, 0.3) is 0 Å². The Balaban J connectivity index is 2.21. The van der Waals surface area contributed by atoms with Gasteiger partial charge in [-0.2, -0.15) is 0 Å². The van der Waals surface area contributed by atoms with Gasteiger partial charge in [0.1, 0.15) is 24.0 Å². The fourth-order valence-electron chi connectivity index (χ4n) is 2.15. The van der Waals surface area contributed by atoms with Crippen LogP contribution in [0.3, 0.4) is 0 Å². The smallest absolute Gasteiger partial charge is 0.130 e. The lowest BCUT2D eigenvalue weighted by molar-refractivity contribution is 0.295. The highest BCUT2D eigenvalue weighted by atomic mass is 35.5. The van der Waals surface area contributed by atoms with Gasteiger partial charge in [-0.15, -0.1) is 11.6 Å². The molecule has 4 heteroatoms. The molecule has 20 heavy (non-hydrogen) atoms. The van der Waals surface area contributed by atoms with Crippen molar-refractivity contribution >= 4 is 11.6 Å². The van der Waals surface area contributed by atoms with E-state index >= 15 is 0 Å². The fraction of sp³-hybridized carbons (Fsp3) is 0.250. The molecule has 1 nitrogen and oxygen atoms in total. The number of hydrogen-bond acceptors (Lipinski definition) is 1. The predicted octanol–water partition coefficient (Wildman–Crippen LogP) is 4.90. The van der Waals surface area contributed by atoms with Crippen LogP contribution in [0.2, 0.25) is 0 Å². The van der Waals surface area contributed by atoms with Crippen LogP contribution in [-0.4, -0.2) is 0 Å². The normalized spacial score (nSPS) is 10.7. The molecule has 2 aromatic carbocycles. The number of hydrogen-bond donors (Lipinski definition) is 0. The highest BCUT2D eigenvalue weighted by Crippen LogP contribution is 2.26. The van der Waals surface area contributed by atoms with E-state index in [0.29, 0.717) is 11.6 Å². The zero-order valence-electron chi connectivity index (χ0n) is 11.3. The molecule has 0 heterocycles. The van der Waals surface area contributed by atoms with Gasteiger partial charge in [-0.3, -0.25) is 0 Å². The van der Waals surface area contributed by atoms with E-state index in [1.807, 2.05) is 26.0 Å². The molecule has 0 spiro atoms. The molecule has 2 rings (SSSR count). The minimum atomic E-state index is -0.476. The highest BCUT2D eigenvalue weighted by Gasteiger charge is 2.09. The maximum atomic E-state index is 13.5. The van der Waals surface area contributed by atoms with Crippen molar-refractivity contribution < 1.29 is 13.5 Å². The van der Waals surface area contributed by atoms with Crippen LogP contribution in [0.15, 0.2) is 30.3 Å². The number of ether oxygens (including phenoxy) is 1. The largest absolute Gasteiger partial charge is 0.488 e. The van der Waals surface area contributed by atoms with Crippen molar-refractivity contribution in [3.05, 3.63) is 64.2 Å². The highest BCUT2D eigenvalue weighted by molar-refractivity contribution is 6.17. The first-order chi connectivity index (χ1) is 9.51. The van der Waals surface area contributed by atoms with E-state index in [4.69, 9.17) is 16.3 Å². The zero-order valence-corrected chi connectivity index (χ0v) is 12.1. The fourth-order valence-corrected chi connectivity index (χ4v) is 2.30. The summed E-state index contributed by atoms with van der Waals surface area (Å²) in [7, 11) is 0. The lowest BCUT2D eigenvalue weighted by atomic mass is 10.1. The molecule has 0 aliphatic carbocycles. The topological polar surface area (TPSA) is 9.23 Å². The van der Waals surface area contributed by atoms with Crippen molar-refractivity contribution in [2.75, 3.05) is 0 Å². The summed E-state index contributed by atoms with van der Waals surface area (Å²) in [6, 6.07) is 7.19. The molecule has 0 bridgehead atoms. The van der Waals surface area contributed by atoms with Gasteiger partial charge in [-0.05, 0) is 48.7 Å². The molecule has 0 saturated heterocycles. The van der Waals surface area contributed by atoms with E-state index in [1.165, 1.54) is 0 Å². The van der Waals surface area contributed by atoms with E-state index in [2.05, 4.69) is 0 Å². The van der Waals surface area contributed by atoms with Crippen LogP contribution in [0, 0.1) is 25.5 Å². The van der Waals surface area contributed by atoms with Gasteiger partial charge in [0.25, 0.3) is 0 Å². The third kappa shape index (κ3) is 3.28. The summed E-state index contributed by atoms with van der Waals surface area (Å²) >= 11 is 5.80. The third-order valence-electron chi connectivity index (χ3n) is 3.05. The van der Waals surface area contributed by atoms with Gasteiger partial charge in [0, 0.05) is 11.4 Å². The zero-order chi connectivity index (χ0) is 14.7. The van der Waals surface area contributed by atoms with Crippen molar-refractivity contribution in [1.82, 2.24) is 0 Å². The molecule has 0 aliphatic heterocycles. The standard InChI is InChI=1S/C16H15ClF2O/c1-10-5-12(8-17)6-11(2)16(10)20-9-13-7-14(18)3-4-15(13)19/h3-7H,8-9H2,1-2H3. The SMILES string of the molecule is Cc1cc(CCl)cc(C)c1OCc1cc(F)ccc1F. The molecule has 0 N–H and O–H groups in total. The molecule has 0 saturated carbocycles. The van der Waals surface area contributed by atoms with Crippen LogP contribution in [-0.2, 0) is 12.5 Å². The number of aryl methyl sites for hydroxylation is 2. The lowest BCUT2D eigenvalue weighted by Gasteiger charge is -2.14. The second-order valence-electron chi connectivity index (χ2n) is 4.72. The van der Waals surface area contributed by atoms with Gasteiger partial charge in [0.2, 0.25) is 0 Å². The first-order valence-corrected chi connectivity index (χ1v) is 6.77. The van der Waals surface area contributed by atoms with Gasteiger partial charge < -0.3 is 4.74 Å². The Morgan fingerprint density at radius 1 is 1.05 bits per heavy atom. The molecular weight excluding hydrogens is 282 g/mol. The van der Waals surface area contributed by atoms with Crippen molar-refractivity contribution in [3.63, 3.8) is 0 Å². The van der Waals surface area contributed by atoms with Gasteiger partial charge in [-0.1, -0.05) is 12.1 Å². The Bertz CT molecular complexity index is 603. The molecule has 0 amide bonds. The molecule has 0 atom stereocenters. The Kier molecular flexibility index (Phi) is 4.61. The van der Waals surface area contributed by atoms with E-state index in [0.717, 1.165) is 34.9 Å². The molecular formula is C16H15ClF2O. The van der Waals surface area contributed by atoms with E-state index in [-0.39, 0.29) is 12.2 Å². The monoisotopic (exact) mass is 296 g/mol. The van der Waals surface area contributed by atoms with Crippen molar-refractivity contribution in [2.45, 2.75) is 26.3 Å². The molecule has 0 unspecified atom stereocenters. The van der Waals surface area contributed by atoms with Gasteiger partial charge in [0.15, 0.2) is 0 Å². The maximum absolute atomic E-state index is 13.5. The van der Waals surface area contributed by atoms with Crippen LogP contribution in [0.5, 0.6) is 5.75 Å². The molecule has 0 aromatic heterocycles. The van der Waals surface area contributed by atoms with E-state index in [9.17, 15) is 8.78 Å². The summed E-state index contributed by atoms with van der Waals surface area (Å²) in [5.74, 6) is 0.165. The summed E-state index contributed by atoms with van der Waals surface area (Å²) < 4.78 is 32.3. The summed E-state index contributed by atoms with van der Waals surface area (Å²) in [6.45, 7) is 3.80. The Morgan fingerprint density at radius 3 is 2.30 bits per heavy atom. The number of alkyl halides is 1. The molecule has 0 radical (unpaired) electrons. The lowest BCUT2D eigenvalue weighted by Crippen LogP contribution is -2.02. The maximum Gasteiger partial charge on any atom is 0.130 e. The van der Waals surface area contributed by atoms with Crippen molar-refractivity contribution in [2.24, 2.45) is 0 Å². The molecule has 106 valence electrons. The van der Waals surface area contributed by atoms with Crippen LogP contribution in [0.4, 0.5) is 8.78 Å². The second-order valence-corrected chi connectivity index (χ2v) is 4.98. The van der Waals surface area contributed by atoms with Crippen LogP contribution >= 0.6 is 11.6 Å². The molecule has 0 fully saturated rings. The van der Waals surface area contributed by atoms with Crippen LogP contribution in [0.1, 0.15) is 22.3 Å². The first-order valence-electron chi connectivity index (χ1n) is 6.24. The van der Waals surface area contributed by atoms with E-state index < -0.39 is 11.6 Å². The number of benzene rings is 2. The predicted molar refractivity (Wildman–Crippen MR) is 76.2 cm³/mol. The molecule has 0 aliphatic rings. The number of rotatable bonds is 4. The van der Waals surface area contributed by atoms with Crippen molar-refractivity contribution in [1.29, 1.82) is 0 Å². The third-order valence-corrected chi connectivity index (χ3v) is 3.36. The quantitative estimate of drug-likeness (QED) is 0.729. The molecule has 2 aromatic rings. The van der Waals surface area contributed by atoms with Gasteiger partial charge in [-0.25, -0.2) is 8.78 Å². The van der Waals surface area contributed by atoms with Crippen molar-refractivity contribution in [3.8, 4) is 5.75 Å². The summed E-state index contributed by atoms with van der Waals surface area (Å²) in [4.78, 5) is 0. The summed E-state index contributed by atoms with van der Waals surface area (Å²) in [5.41, 5.74) is 3.06. The van der Waals surface area contributed by atoms with Gasteiger partial charge in [0.05, 0.1) is 0 Å².